The molecule has 10 heteroatoms. The molecule has 0 aromatic carbocycles. The minimum Gasteiger partial charge on any atom is -0.468 e. The number of nitrogens with zero attached hydrogens (tertiary/aromatic N) is 2. The van der Waals surface area contributed by atoms with E-state index in [2.05, 4.69) is 20.1 Å². The van der Waals surface area contributed by atoms with Gasteiger partial charge in [-0.1, -0.05) is 22.9 Å². The second-order valence-corrected chi connectivity index (χ2v) is 5.16. The summed E-state index contributed by atoms with van der Waals surface area (Å²) in [5.74, 6) is -0.600. The summed E-state index contributed by atoms with van der Waals surface area (Å²) in [5, 5.41) is 8.29. The highest BCUT2D eigenvalue weighted by molar-refractivity contribution is 7.07. The van der Waals surface area contributed by atoms with Crippen LogP contribution in [0.4, 0.5) is 5.69 Å². The molecule has 0 saturated carbocycles. The van der Waals surface area contributed by atoms with E-state index in [0.717, 1.165) is 16.0 Å². The van der Waals surface area contributed by atoms with Crippen LogP contribution in [0.25, 0.3) is 0 Å². The maximum absolute atomic E-state index is 11.9. The lowest BCUT2D eigenvalue weighted by atomic mass is 10.4. The molecule has 0 unspecified atom stereocenters. The first kappa shape index (κ1) is 15.3. The van der Waals surface area contributed by atoms with Crippen molar-refractivity contribution in [2.75, 3.05) is 12.4 Å². The zero-order chi connectivity index (χ0) is 15.4. The van der Waals surface area contributed by atoms with E-state index in [9.17, 15) is 14.4 Å². The van der Waals surface area contributed by atoms with Crippen molar-refractivity contribution in [1.29, 1.82) is 0 Å². The zero-order valence-corrected chi connectivity index (χ0v) is 12.5. The Hall–Kier alpha value is -2.13. The Morgan fingerprint density at radius 1 is 1.57 bits per heavy atom. The van der Waals surface area contributed by atoms with Gasteiger partial charge >= 0.3 is 10.8 Å². The number of carbonyl (C=O) groups excluding carboxylic acids is 1. The number of hydrogen-bond donors (Lipinski definition) is 2. The van der Waals surface area contributed by atoms with Crippen LogP contribution in [0.2, 0.25) is 5.02 Å². The number of ether oxygens (including phenoxy) is 1. The van der Waals surface area contributed by atoms with Crippen molar-refractivity contribution in [2.24, 2.45) is 0 Å². The maximum Gasteiger partial charge on any atom is 0.327 e. The third kappa shape index (κ3) is 3.70. The van der Waals surface area contributed by atoms with Crippen LogP contribution in [-0.2, 0) is 22.6 Å². The van der Waals surface area contributed by atoms with Gasteiger partial charge in [0.1, 0.15) is 11.6 Å². The van der Waals surface area contributed by atoms with Gasteiger partial charge in [0, 0.05) is 11.1 Å². The number of esters is 1. The van der Waals surface area contributed by atoms with Gasteiger partial charge in [-0.15, -0.1) is 0 Å². The van der Waals surface area contributed by atoms with Crippen LogP contribution in [0.3, 0.4) is 0 Å². The monoisotopic (exact) mass is 330 g/mol. The molecule has 2 aromatic rings. The molecule has 0 aliphatic rings. The fourth-order valence-electron chi connectivity index (χ4n) is 1.48. The van der Waals surface area contributed by atoms with Crippen LogP contribution in [0.1, 0.15) is 5.69 Å². The predicted molar refractivity (Wildman–Crippen MR) is 77.8 cm³/mol. The van der Waals surface area contributed by atoms with E-state index in [0.29, 0.717) is 17.9 Å². The Morgan fingerprint density at radius 2 is 2.33 bits per heavy atom. The lowest BCUT2D eigenvalue weighted by molar-refractivity contribution is -0.141. The Labute approximate surface area is 127 Å². The van der Waals surface area contributed by atoms with Gasteiger partial charge in [0.2, 0.25) is 0 Å². The Morgan fingerprint density at radius 3 is 2.95 bits per heavy atom. The number of aromatic amines is 1. The van der Waals surface area contributed by atoms with Crippen molar-refractivity contribution < 1.29 is 9.53 Å². The van der Waals surface area contributed by atoms with Gasteiger partial charge in [-0.25, -0.2) is 4.68 Å². The van der Waals surface area contributed by atoms with Crippen LogP contribution in [-0.4, -0.2) is 27.8 Å². The number of carbonyl (C=O) groups is 1. The standard InChI is InChI=1S/C11H11ClN4O4S/c1-20-8(17)4-16-10(18)9(12)7(3-14-16)13-2-6-5-21-11(19)15-6/h3,5,13H,2,4H2,1H3,(H,15,19). The first-order chi connectivity index (χ1) is 10.0. The number of anilines is 1. The van der Waals surface area contributed by atoms with Crippen LogP contribution in [0.15, 0.2) is 21.2 Å². The highest BCUT2D eigenvalue weighted by atomic mass is 35.5. The van der Waals surface area contributed by atoms with E-state index in [1.54, 1.807) is 5.38 Å². The minimum absolute atomic E-state index is 0.0912. The Bertz CT molecular complexity index is 766. The SMILES string of the molecule is COC(=O)Cn1ncc(NCc2csc(=O)[nH]2)c(Cl)c1=O. The van der Waals surface area contributed by atoms with Crippen molar-refractivity contribution in [1.82, 2.24) is 14.8 Å². The predicted octanol–water partition coefficient (Wildman–Crippen LogP) is 0.432. The summed E-state index contributed by atoms with van der Waals surface area (Å²) in [5.41, 5.74) is 0.375. The summed E-state index contributed by atoms with van der Waals surface area (Å²) in [4.78, 5) is 36.5. The van der Waals surface area contributed by atoms with Gasteiger partial charge in [0.15, 0.2) is 0 Å². The third-order valence-corrected chi connectivity index (χ3v) is 3.62. The second-order valence-electron chi connectivity index (χ2n) is 3.94. The van der Waals surface area contributed by atoms with Crippen LogP contribution in [0.5, 0.6) is 0 Å². The molecule has 8 nitrogen and oxygen atoms in total. The first-order valence-corrected chi connectivity index (χ1v) is 7.00. The van der Waals surface area contributed by atoms with Gasteiger partial charge in [-0.05, 0) is 0 Å². The summed E-state index contributed by atoms with van der Waals surface area (Å²) in [7, 11) is 1.21. The number of methoxy groups -OCH3 is 1. The average Bonchev–Trinajstić information content (AvgIpc) is 2.88. The number of hydrogen-bond acceptors (Lipinski definition) is 7. The molecular formula is C11H11ClN4O4S. The molecule has 0 aliphatic heterocycles. The van der Waals surface area contributed by atoms with Crippen molar-refractivity contribution in [3.8, 4) is 0 Å². The normalized spacial score (nSPS) is 10.4. The van der Waals surface area contributed by atoms with Gasteiger partial charge in [0.25, 0.3) is 5.56 Å². The van der Waals surface area contributed by atoms with Crippen molar-refractivity contribution in [3.05, 3.63) is 42.3 Å². The zero-order valence-electron chi connectivity index (χ0n) is 10.9. The van der Waals surface area contributed by atoms with Crippen LogP contribution < -0.4 is 15.7 Å². The first-order valence-electron chi connectivity index (χ1n) is 5.74. The highest BCUT2D eigenvalue weighted by Crippen LogP contribution is 2.16. The number of thiazole rings is 1. The molecule has 2 N–H and O–H groups in total. The summed E-state index contributed by atoms with van der Waals surface area (Å²) < 4.78 is 5.37. The van der Waals surface area contributed by atoms with Crippen LogP contribution >= 0.6 is 22.9 Å². The summed E-state index contributed by atoms with van der Waals surface area (Å²) in [6.07, 6.45) is 1.33. The van der Waals surface area contributed by atoms with E-state index in [1.807, 2.05) is 0 Å². The number of halogens is 1. The number of aromatic nitrogens is 3. The fourth-order valence-corrected chi connectivity index (χ4v) is 2.27. The van der Waals surface area contributed by atoms with Crippen molar-refractivity contribution >= 4 is 34.6 Å². The average molecular weight is 331 g/mol. The molecule has 2 heterocycles. The van der Waals surface area contributed by atoms with E-state index < -0.39 is 11.5 Å². The quantitative estimate of drug-likeness (QED) is 0.770. The second kappa shape index (κ2) is 6.55. The third-order valence-electron chi connectivity index (χ3n) is 2.53. The highest BCUT2D eigenvalue weighted by Gasteiger charge is 2.12. The van der Waals surface area contributed by atoms with E-state index in [1.165, 1.54) is 13.3 Å². The molecule has 0 amide bonds. The minimum atomic E-state index is -0.606. The molecule has 0 radical (unpaired) electrons. The lowest BCUT2D eigenvalue weighted by Crippen LogP contribution is -2.28. The van der Waals surface area contributed by atoms with Gasteiger partial charge < -0.3 is 15.0 Å². The molecule has 0 bridgehead atoms. The van der Waals surface area contributed by atoms with E-state index in [-0.39, 0.29) is 16.4 Å². The largest absolute Gasteiger partial charge is 0.468 e. The number of H-pyrrole nitrogens is 1. The number of nitrogens with one attached hydrogen (secondary N) is 2. The topological polar surface area (TPSA) is 106 Å². The molecule has 21 heavy (non-hydrogen) atoms. The smallest absolute Gasteiger partial charge is 0.327 e. The number of rotatable bonds is 5. The molecule has 0 atom stereocenters. The summed E-state index contributed by atoms with van der Waals surface area (Å²) in [6.45, 7) is -0.0201. The summed E-state index contributed by atoms with van der Waals surface area (Å²) >= 11 is 6.98. The maximum atomic E-state index is 11.9. The molecule has 0 aliphatic carbocycles. The van der Waals surface area contributed by atoms with Crippen molar-refractivity contribution in [2.45, 2.75) is 13.1 Å². The summed E-state index contributed by atoms with van der Waals surface area (Å²) in [6, 6.07) is 0. The van der Waals surface area contributed by atoms with Gasteiger partial charge in [-0.3, -0.25) is 14.4 Å². The van der Waals surface area contributed by atoms with Crippen LogP contribution in [0, 0.1) is 0 Å². The van der Waals surface area contributed by atoms with E-state index in [4.69, 9.17) is 11.6 Å². The Kier molecular flexibility index (Phi) is 4.76. The lowest BCUT2D eigenvalue weighted by Gasteiger charge is -2.08. The fraction of sp³-hybridized carbons (Fsp3) is 0.273. The molecule has 2 rings (SSSR count). The molecule has 0 spiro atoms. The molecular weight excluding hydrogens is 320 g/mol. The Balaban J connectivity index is 2.14. The van der Waals surface area contributed by atoms with Crippen molar-refractivity contribution in [3.63, 3.8) is 0 Å². The molecule has 0 saturated heterocycles. The van der Waals surface area contributed by atoms with Gasteiger partial charge in [0.05, 0.1) is 25.5 Å². The molecule has 112 valence electrons. The molecule has 0 fully saturated rings. The van der Waals surface area contributed by atoms with E-state index >= 15 is 0 Å². The van der Waals surface area contributed by atoms with Gasteiger partial charge in [-0.2, -0.15) is 5.10 Å². The molecule has 2 aromatic heterocycles.